The summed E-state index contributed by atoms with van der Waals surface area (Å²) in [5.41, 5.74) is 0. The molecule has 27 heavy (non-hydrogen) atoms. The van der Waals surface area contributed by atoms with E-state index in [0.717, 1.165) is 32.3 Å². The van der Waals surface area contributed by atoms with Gasteiger partial charge < -0.3 is 4.74 Å². The highest BCUT2D eigenvalue weighted by atomic mass is 16.5. The lowest BCUT2D eigenvalue weighted by Crippen LogP contribution is -2.07. The smallest absolute Gasteiger partial charge is 0.0970 e. The molecule has 1 aliphatic heterocycles. The van der Waals surface area contributed by atoms with Crippen LogP contribution in [0.2, 0.25) is 0 Å². The van der Waals surface area contributed by atoms with Gasteiger partial charge in [0.1, 0.15) is 0 Å². The maximum Gasteiger partial charge on any atom is 0.0970 e. The van der Waals surface area contributed by atoms with Crippen molar-refractivity contribution < 1.29 is 4.74 Å². The third kappa shape index (κ3) is 15.1. The van der Waals surface area contributed by atoms with Crippen LogP contribution in [0.3, 0.4) is 0 Å². The largest absolute Gasteiger partial charge is 0.372 e. The standard InChI is InChI=1S/C25H45NO/c1-2-3-4-5-6-9-13-18-24(23-26)19-14-12-16-21-25-20-15-10-7-8-11-17-22-27-25/h24H,1-22H2. The fourth-order valence-electron chi connectivity index (χ4n) is 4.05. The molecule has 1 rings (SSSR count). The lowest BCUT2D eigenvalue weighted by Gasteiger charge is -2.18. The molecule has 0 aliphatic carbocycles. The third-order valence-electron chi connectivity index (χ3n) is 5.90. The van der Waals surface area contributed by atoms with Crippen LogP contribution in [-0.2, 0) is 4.74 Å². The number of ether oxygens (including phenoxy) is 1. The summed E-state index contributed by atoms with van der Waals surface area (Å²) >= 11 is 0. The summed E-state index contributed by atoms with van der Waals surface area (Å²) in [5.74, 6) is 0.280. The van der Waals surface area contributed by atoms with Crippen LogP contribution in [0.4, 0.5) is 0 Å². The summed E-state index contributed by atoms with van der Waals surface area (Å²) in [6.07, 6.45) is 26.4. The molecule has 1 fully saturated rings. The average Bonchev–Trinajstić information content (AvgIpc) is 2.70. The topological polar surface area (TPSA) is 33.0 Å². The quantitative estimate of drug-likeness (QED) is 0.286. The molecule has 156 valence electrons. The fraction of sp³-hybridized carbons (Fsp3) is 0.880. The maximum absolute atomic E-state index is 9.39. The van der Waals surface area contributed by atoms with Crippen LogP contribution in [0.25, 0.3) is 0 Å². The van der Waals surface area contributed by atoms with E-state index in [1.165, 1.54) is 109 Å². The molecule has 1 unspecified atom stereocenters. The van der Waals surface area contributed by atoms with Crippen molar-refractivity contribution in [2.75, 3.05) is 6.61 Å². The molecule has 0 aromatic carbocycles. The number of nitriles is 1. The monoisotopic (exact) mass is 375 g/mol. The predicted molar refractivity (Wildman–Crippen MR) is 116 cm³/mol. The van der Waals surface area contributed by atoms with Crippen molar-refractivity contribution in [1.82, 2.24) is 0 Å². The summed E-state index contributed by atoms with van der Waals surface area (Å²) in [7, 11) is 0. The van der Waals surface area contributed by atoms with Gasteiger partial charge in [0, 0.05) is 12.5 Å². The lowest BCUT2D eigenvalue weighted by atomic mass is 9.95. The van der Waals surface area contributed by atoms with E-state index in [1.807, 2.05) is 0 Å². The second-order valence-electron chi connectivity index (χ2n) is 8.45. The molecule has 0 saturated carbocycles. The number of unbranched alkanes of at least 4 members (excludes halogenated alkanes) is 8. The molecule has 0 bridgehead atoms. The van der Waals surface area contributed by atoms with Gasteiger partial charge in [-0.25, -0.2) is 0 Å². The van der Waals surface area contributed by atoms with Crippen molar-refractivity contribution in [3.8, 4) is 6.07 Å². The van der Waals surface area contributed by atoms with Crippen LogP contribution in [0, 0.1) is 30.3 Å². The van der Waals surface area contributed by atoms with E-state index in [0.29, 0.717) is 0 Å². The molecular formula is C25H45NO. The van der Waals surface area contributed by atoms with Gasteiger partial charge in [0.25, 0.3) is 0 Å². The third-order valence-corrected chi connectivity index (χ3v) is 5.90. The molecule has 0 aromatic rings. The first-order chi connectivity index (χ1) is 13.4. The summed E-state index contributed by atoms with van der Waals surface area (Å²) in [5, 5.41) is 9.39. The molecule has 1 atom stereocenters. The molecule has 0 N–H and O–H groups in total. The minimum atomic E-state index is 0.280. The minimum Gasteiger partial charge on any atom is -0.372 e. The normalized spacial score (nSPS) is 18.1. The molecule has 2 heteroatoms. The Morgan fingerprint density at radius 1 is 0.778 bits per heavy atom. The van der Waals surface area contributed by atoms with Crippen molar-refractivity contribution in [3.05, 3.63) is 13.0 Å². The van der Waals surface area contributed by atoms with Crippen molar-refractivity contribution >= 4 is 0 Å². The van der Waals surface area contributed by atoms with Crippen LogP contribution in [-0.4, -0.2) is 6.61 Å². The van der Waals surface area contributed by atoms with Crippen LogP contribution < -0.4 is 0 Å². The van der Waals surface area contributed by atoms with Gasteiger partial charge in [-0.3, -0.25) is 0 Å². The number of rotatable bonds is 14. The Morgan fingerprint density at radius 3 is 2.07 bits per heavy atom. The Labute approximate surface area is 170 Å². The first kappa shape index (κ1) is 24.5. The van der Waals surface area contributed by atoms with E-state index in [-0.39, 0.29) is 5.92 Å². The zero-order valence-corrected chi connectivity index (χ0v) is 18.0. The van der Waals surface area contributed by atoms with Gasteiger partial charge in [0.2, 0.25) is 0 Å². The van der Waals surface area contributed by atoms with E-state index in [4.69, 9.17) is 4.74 Å². The van der Waals surface area contributed by atoms with Gasteiger partial charge in [-0.1, -0.05) is 103 Å². The Balaban J connectivity index is 1.99. The summed E-state index contributed by atoms with van der Waals surface area (Å²) in [6.45, 7) is 4.82. The van der Waals surface area contributed by atoms with Gasteiger partial charge in [0.05, 0.1) is 12.2 Å². The van der Waals surface area contributed by atoms with Gasteiger partial charge in [-0.2, -0.15) is 5.26 Å². The van der Waals surface area contributed by atoms with Crippen LogP contribution >= 0.6 is 0 Å². The lowest BCUT2D eigenvalue weighted by molar-refractivity contribution is 0.116. The van der Waals surface area contributed by atoms with Crippen molar-refractivity contribution in [2.45, 2.75) is 128 Å². The molecule has 0 spiro atoms. The Morgan fingerprint density at radius 2 is 1.37 bits per heavy atom. The molecular weight excluding hydrogens is 330 g/mol. The van der Waals surface area contributed by atoms with E-state index in [1.54, 1.807) is 0 Å². The molecule has 1 aliphatic rings. The second-order valence-corrected chi connectivity index (χ2v) is 8.45. The molecule has 0 amide bonds. The second kappa shape index (κ2) is 18.8. The number of hydrogen-bond acceptors (Lipinski definition) is 2. The summed E-state index contributed by atoms with van der Waals surface area (Å²) in [4.78, 5) is 0. The van der Waals surface area contributed by atoms with E-state index in [9.17, 15) is 5.26 Å². The van der Waals surface area contributed by atoms with Gasteiger partial charge >= 0.3 is 0 Å². The minimum absolute atomic E-state index is 0.280. The van der Waals surface area contributed by atoms with E-state index >= 15 is 0 Å². The van der Waals surface area contributed by atoms with Gasteiger partial charge in [-0.15, -0.1) is 0 Å². The van der Waals surface area contributed by atoms with Gasteiger partial charge in [0.15, 0.2) is 0 Å². The first-order valence-corrected chi connectivity index (χ1v) is 12.0. The van der Waals surface area contributed by atoms with Crippen molar-refractivity contribution in [2.24, 2.45) is 5.92 Å². The number of hydrogen-bond donors (Lipinski definition) is 0. The zero-order valence-electron chi connectivity index (χ0n) is 18.0. The Hall–Kier alpha value is -0.550. The number of nitrogens with zero attached hydrogens (tertiary/aromatic N) is 1. The molecule has 1 heterocycles. The maximum atomic E-state index is 9.39. The highest BCUT2D eigenvalue weighted by molar-refractivity contribution is 4.83. The van der Waals surface area contributed by atoms with Gasteiger partial charge in [-0.05, 0) is 32.1 Å². The average molecular weight is 376 g/mol. The molecule has 0 aromatic heterocycles. The van der Waals surface area contributed by atoms with Crippen LogP contribution in [0.5, 0.6) is 0 Å². The van der Waals surface area contributed by atoms with E-state index in [2.05, 4.69) is 13.0 Å². The first-order valence-electron chi connectivity index (χ1n) is 12.0. The summed E-state index contributed by atoms with van der Waals surface area (Å²) < 4.78 is 6.03. The van der Waals surface area contributed by atoms with Crippen molar-refractivity contribution in [3.63, 3.8) is 0 Å². The van der Waals surface area contributed by atoms with Crippen molar-refractivity contribution in [1.29, 1.82) is 5.26 Å². The Bertz CT molecular complexity index is 339. The molecule has 2 radical (unpaired) electrons. The highest BCUT2D eigenvalue weighted by Crippen LogP contribution is 2.24. The SMILES string of the molecule is [CH2]CCCCCCCCC(C#N)CCCCC[C]1CCCCCCCCO1. The van der Waals surface area contributed by atoms with Crippen LogP contribution in [0.15, 0.2) is 0 Å². The molecule has 2 nitrogen and oxygen atoms in total. The van der Waals surface area contributed by atoms with E-state index < -0.39 is 0 Å². The predicted octanol–water partition coefficient (Wildman–Crippen LogP) is 8.32. The fourth-order valence-corrected chi connectivity index (χ4v) is 4.05. The van der Waals surface area contributed by atoms with Crippen LogP contribution in [0.1, 0.15) is 128 Å². The Kier molecular flexibility index (Phi) is 17.0. The summed E-state index contributed by atoms with van der Waals surface area (Å²) in [6, 6.07) is 2.54. The zero-order chi connectivity index (χ0) is 19.4. The molecule has 1 saturated heterocycles. The highest BCUT2D eigenvalue weighted by Gasteiger charge is 2.12.